The first-order chi connectivity index (χ1) is 15.1. The minimum absolute atomic E-state index is 0.390. The van der Waals surface area contributed by atoms with Crippen LogP contribution in [0.4, 0.5) is 10.5 Å². The predicted molar refractivity (Wildman–Crippen MR) is 124 cm³/mol. The van der Waals surface area contributed by atoms with Gasteiger partial charge in [-0.25, -0.2) is 4.79 Å². The Kier molecular flexibility index (Phi) is 6.11. The molecular weight excluding hydrogens is 407 g/mol. The van der Waals surface area contributed by atoms with Gasteiger partial charge in [0.2, 0.25) is 0 Å². The molecular formula is C24H33BN2O5. The number of hydrogen-bond acceptors (Lipinski definition) is 6. The van der Waals surface area contributed by atoms with Gasteiger partial charge in [0.25, 0.3) is 0 Å². The Bertz CT molecular complexity index is 947. The Morgan fingerprint density at radius 3 is 2.31 bits per heavy atom. The zero-order valence-electron chi connectivity index (χ0n) is 19.9. The maximum absolute atomic E-state index is 12.7. The quantitative estimate of drug-likeness (QED) is 0.627. The first-order valence-corrected chi connectivity index (χ1v) is 11.4. The van der Waals surface area contributed by atoms with E-state index in [1.807, 2.05) is 52.0 Å². The van der Waals surface area contributed by atoms with Crippen LogP contribution in [0.25, 0.3) is 11.3 Å². The van der Waals surface area contributed by atoms with Crippen LogP contribution in [-0.4, -0.2) is 43.2 Å². The van der Waals surface area contributed by atoms with Crippen molar-refractivity contribution in [1.29, 1.82) is 0 Å². The zero-order valence-corrected chi connectivity index (χ0v) is 19.9. The molecule has 2 heterocycles. The number of carbonyl (C=O) groups excluding carboxylic acids is 1. The van der Waals surface area contributed by atoms with Gasteiger partial charge in [-0.1, -0.05) is 42.3 Å². The highest BCUT2D eigenvalue weighted by Crippen LogP contribution is 2.37. The molecule has 0 spiro atoms. The summed E-state index contributed by atoms with van der Waals surface area (Å²) in [5, 5.41) is 4.21. The SMILES string of the molecule is Cc1onc(-c2ccc(B3OC(C)(C)C(C)(C)O3)cc2)c1N(C)C(=O)OCC1CCCC1. The van der Waals surface area contributed by atoms with Crippen LogP contribution in [0.2, 0.25) is 0 Å². The predicted octanol–water partition coefficient (Wildman–Crippen LogP) is 4.71. The number of anilines is 1. The van der Waals surface area contributed by atoms with E-state index >= 15 is 0 Å². The average Bonchev–Trinajstić information content (AvgIpc) is 3.44. The van der Waals surface area contributed by atoms with E-state index < -0.39 is 24.4 Å². The first kappa shape index (κ1) is 22.9. The number of benzene rings is 1. The molecule has 2 fully saturated rings. The van der Waals surface area contributed by atoms with Gasteiger partial charge < -0.3 is 18.6 Å². The third-order valence-electron chi connectivity index (χ3n) is 7.07. The third-order valence-corrected chi connectivity index (χ3v) is 7.07. The number of aryl methyl sites for hydroxylation is 1. The van der Waals surface area contributed by atoms with Crippen molar-refractivity contribution < 1.29 is 23.4 Å². The van der Waals surface area contributed by atoms with E-state index in [4.69, 9.17) is 18.6 Å². The Labute approximate surface area is 190 Å². The van der Waals surface area contributed by atoms with Gasteiger partial charge in [0.05, 0.1) is 17.8 Å². The maximum Gasteiger partial charge on any atom is 0.494 e. The fraction of sp³-hybridized carbons (Fsp3) is 0.583. The van der Waals surface area contributed by atoms with Crippen LogP contribution in [0, 0.1) is 12.8 Å². The summed E-state index contributed by atoms with van der Waals surface area (Å²) < 4.78 is 23.3. The Morgan fingerprint density at radius 1 is 1.12 bits per heavy atom. The van der Waals surface area contributed by atoms with Crippen LogP contribution in [0.15, 0.2) is 28.8 Å². The fourth-order valence-electron chi connectivity index (χ4n) is 4.28. The molecule has 0 atom stereocenters. The van der Waals surface area contributed by atoms with Gasteiger partial charge in [-0.3, -0.25) is 4.90 Å². The van der Waals surface area contributed by atoms with E-state index in [1.54, 1.807) is 14.0 Å². The van der Waals surface area contributed by atoms with E-state index in [9.17, 15) is 4.79 Å². The van der Waals surface area contributed by atoms with Gasteiger partial charge in [0.15, 0.2) is 5.76 Å². The van der Waals surface area contributed by atoms with E-state index in [1.165, 1.54) is 17.7 Å². The van der Waals surface area contributed by atoms with Crippen LogP contribution in [0.1, 0.15) is 59.1 Å². The van der Waals surface area contributed by atoms with Crippen LogP contribution >= 0.6 is 0 Å². The fourth-order valence-corrected chi connectivity index (χ4v) is 4.28. The summed E-state index contributed by atoms with van der Waals surface area (Å²) in [6, 6.07) is 7.81. The topological polar surface area (TPSA) is 74.0 Å². The van der Waals surface area contributed by atoms with Gasteiger partial charge in [0.1, 0.15) is 11.4 Å². The molecule has 172 valence electrons. The third kappa shape index (κ3) is 4.30. The van der Waals surface area contributed by atoms with E-state index in [-0.39, 0.29) is 0 Å². The lowest BCUT2D eigenvalue weighted by Crippen LogP contribution is -2.41. The second-order valence-corrected chi connectivity index (χ2v) is 9.93. The molecule has 2 aliphatic rings. The number of hydrogen-bond donors (Lipinski definition) is 0. The molecule has 7 nitrogen and oxygen atoms in total. The summed E-state index contributed by atoms with van der Waals surface area (Å²) in [4.78, 5) is 14.2. The summed E-state index contributed by atoms with van der Waals surface area (Å²) in [7, 11) is 1.26. The molecule has 1 aliphatic carbocycles. The first-order valence-electron chi connectivity index (χ1n) is 11.4. The molecule has 8 heteroatoms. The van der Waals surface area contributed by atoms with Gasteiger partial charge in [-0.15, -0.1) is 0 Å². The number of rotatable bonds is 5. The van der Waals surface area contributed by atoms with E-state index in [2.05, 4.69) is 5.16 Å². The van der Waals surface area contributed by atoms with Crippen molar-refractivity contribution >= 4 is 24.4 Å². The standard InChI is InChI=1S/C24H33BN2O5/c1-16-21(27(6)22(28)29-15-17-9-7-8-10-17)20(26-30-16)18-11-13-19(14-12-18)25-31-23(2,3)24(4,5)32-25/h11-14,17H,7-10,15H2,1-6H3. The van der Waals surface area contributed by atoms with Crippen molar-refractivity contribution in [2.24, 2.45) is 5.92 Å². The van der Waals surface area contributed by atoms with Crippen LogP contribution in [-0.2, 0) is 14.0 Å². The normalized spacial score (nSPS) is 20.0. The second kappa shape index (κ2) is 8.56. The summed E-state index contributed by atoms with van der Waals surface area (Å²) in [5.74, 6) is 1.04. The van der Waals surface area contributed by atoms with Crippen molar-refractivity contribution in [3.05, 3.63) is 30.0 Å². The minimum atomic E-state index is -0.430. The molecule has 1 saturated heterocycles. The molecule has 1 aromatic carbocycles. The minimum Gasteiger partial charge on any atom is -0.449 e. The summed E-state index contributed by atoms with van der Waals surface area (Å²) >= 11 is 0. The van der Waals surface area contributed by atoms with Crippen LogP contribution in [0.5, 0.6) is 0 Å². The van der Waals surface area contributed by atoms with Crippen LogP contribution < -0.4 is 10.4 Å². The smallest absolute Gasteiger partial charge is 0.449 e. The lowest BCUT2D eigenvalue weighted by molar-refractivity contribution is 0.00578. The molecule has 4 rings (SSSR count). The van der Waals surface area contributed by atoms with Crippen molar-refractivity contribution in [2.45, 2.75) is 71.5 Å². The molecule has 2 aromatic rings. The van der Waals surface area contributed by atoms with E-state index in [0.717, 1.165) is 23.9 Å². The molecule has 1 aromatic heterocycles. The van der Waals surface area contributed by atoms with Crippen LogP contribution in [0.3, 0.4) is 0 Å². The number of aromatic nitrogens is 1. The highest BCUT2D eigenvalue weighted by molar-refractivity contribution is 6.62. The number of ether oxygens (including phenoxy) is 1. The molecule has 1 amide bonds. The monoisotopic (exact) mass is 440 g/mol. The van der Waals surface area contributed by atoms with Crippen molar-refractivity contribution in [1.82, 2.24) is 5.16 Å². The second-order valence-electron chi connectivity index (χ2n) is 9.93. The number of carbonyl (C=O) groups is 1. The molecule has 0 bridgehead atoms. The summed E-state index contributed by atoms with van der Waals surface area (Å²) in [5.41, 5.74) is 2.20. The molecule has 0 unspecified atom stereocenters. The Balaban J connectivity index is 1.49. The molecule has 0 radical (unpaired) electrons. The lowest BCUT2D eigenvalue weighted by atomic mass is 9.78. The highest BCUT2D eigenvalue weighted by atomic mass is 16.7. The molecule has 1 saturated carbocycles. The summed E-state index contributed by atoms with van der Waals surface area (Å²) in [6.07, 6.45) is 4.30. The molecule has 32 heavy (non-hydrogen) atoms. The van der Waals surface area contributed by atoms with Crippen molar-refractivity contribution in [3.63, 3.8) is 0 Å². The largest absolute Gasteiger partial charge is 0.494 e. The Hall–Kier alpha value is -2.32. The number of nitrogens with zero attached hydrogens (tertiary/aromatic N) is 2. The van der Waals surface area contributed by atoms with Gasteiger partial charge in [-0.2, -0.15) is 0 Å². The lowest BCUT2D eigenvalue weighted by Gasteiger charge is -2.32. The van der Waals surface area contributed by atoms with Gasteiger partial charge >= 0.3 is 13.2 Å². The van der Waals surface area contributed by atoms with Crippen molar-refractivity contribution in [3.8, 4) is 11.3 Å². The molecule has 1 aliphatic heterocycles. The Morgan fingerprint density at radius 2 is 1.72 bits per heavy atom. The zero-order chi connectivity index (χ0) is 23.1. The molecule has 0 N–H and O–H groups in total. The average molecular weight is 440 g/mol. The maximum atomic E-state index is 12.7. The summed E-state index contributed by atoms with van der Waals surface area (Å²) in [6.45, 7) is 10.4. The number of amides is 1. The van der Waals surface area contributed by atoms with Gasteiger partial charge in [0, 0.05) is 12.6 Å². The van der Waals surface area contributed by atoms with Crippen molar-refractivity contribution in [2.75, 3.05) is 18.6 Å². The van der Waals surface area contributed by atoms with E-state index in [0.29, 0.717) is 29.7 Å². The highest BCUT2D eigenvalue weighted by Gasteiger charge is 2.51. The van der Waals surface area contributed by atoms with Gasteiger partial charge in [-0.05, 0) is 58.8 Å².